The van der Waals surface area contributed by atoms with E-state index in [2.05, 4.69) is 39.9 Å². The van der Waals surface area contributed by atoms with Gasteiger partial charge in [0, 0.05) is 0 Å². The second-order valence-electron chi connectivity index (χ2n) is 7.93. The van der Waals surface area contributed by atoms with Crippen molar-refractivity contribution in [2.45, 2.75) is 51.6 Å². The molecule has 0 aliphatic carbocycles. The fourth-order valence-corrected chi connectivity index (χ4v) is 3.21. The lowest BCUT2D eigenvalue weighted by Gasteiger charge is -2.36. The summed E-state index contributed by atoms with van der Waals surface area (Å²) in [6.45, 7) is 11.8. The maximum atomic E-state index is 10.5. The number of hydrogen-bond donors (Lipinski definition) is 1. The summed E-state index contributed by atoms with van der Waals surface area (Å²) >= 11 is 0. The highest BCUT2D eigenvalue weighted by Gasteiger charge is 2.36. The minimum atomic E-state index is -1.77. The van der Waals surface area contributed by atoms with E-state index in [0.717, 1.165) is 16.7 Å². The van der Waals surface area contributed by atoms with E-state index in [4.69, 9.17) is 9.69 Å². The third-order valence-corrected chi connectivity index (χ3v) is 9.51. The molecule has 1 unspecified atom stereocenters. The first kappa shape index (κ1) is 19.4. The molecule has 0 aliphatic rings. The smallest absolute Gasteiger partial charge is 0.192 e. The van der Waals surface area contributed by atoms with E-state index in [-0.39, 0.29) is 5.04 Å². The predicted octanol–water partition coefficient (Wildman–Crippen LogP) is 5.16. The average molecular weight is 354 g/mol. The standard InChI is InChI=1S/C21H27NO2Si/c1-21(2,3)25(4,5)24-15-16-9-11-18(12-10-16)20(23)19-8-6-7-17(13-19)14-22/h6-13,20,23H,15H2,1-5H3. The molecule has 1 N–H and O–H groups in total. The van der Waals surface area contributed by atoms with Crippen molar-refractivity contribution in [1.29, 1.82) is 5.26 Å². The van der Waals surface area contributed by atoms with Crippen molar-refractivity contribution >= 4 is 8.32 Å². The van der Waals surface area contributed by atoms with Crippen LogP contribution in [0.15, 0.2) is 48.5 Å². The molecule has 0 bridgehead atoms. The van der Waals surface area contributed by atoms with Gasteiger partial charge in [0.1, 0.15) is 6.10 Å². The minimum Gasteiger partial charge on any atom is -0.413 e. The van der Waals surface area contributed by atoms with Gasteiger partial charge in [-0.25, -0.2) is 0 Å². The third kappa shape index (κ3) is 4.79. The molecule has 2 aromatic rings. The van der Waals surface area contributed by atoms with Gasteiger partial charge in [-0.05, 0) is 47.0 Å². The lowest BCUT2D eigenvalue weighted by Crippen LogP contribution is -2.40. The summed E-state index contributed by atoms with van der Waals surface area (Å²) in [6, 6.07) is 17.0. The highest BCUT2D eigenvalue weighted by atomic mass is 28.4. The largest absolute Gasteiger partial charge is 0.413 e. The molecule has 0 saturated carbocycles. The van der Waals surface area contributed by atoms with E-state index in [9.17, 15) is 5.11 Å². The van der Waals surface area contributed by atoms with Gasteiger partial charge < -0.3 is 9.53 Å². The van der Waals surface area contributed by atoms with E-state index >= 15 is 0 Å². The summed E-state index contributed by atoms with van der Waals surface area (Å²) in [6.07, 6.45) is -0.733. The Morgan fingerprint density at radius 1 is 1.08 bits per heavy atom. The van der Waals surface area contributed by atoms with Crippen molar-refractivity contribution in [1.82, 2.24) is 0 Å². The van der Waals surface area contributed by atoms with Crippen molar-refractivity contribution in [3.05, 3.63) is 70.8 Å². The predicted molar refractivity (Wildman–Crippen MR) is 104 cm³/mol. The molecule has 0 spiro atoms. The van der Waals surface area contributed by atoms with Crippen LogP contribution in [0.5, 0.6) is 0 Å². The van der Waals surface area contributed by atoms with Gasteiger partial charge in [0.05, 0.1) is 18.2 Å². The first-order valence-electron chi connectivity index (χ1n) is 8.55. The number of nitrogens with zero attached hydrogens (tertiary/aromatic N) is 1. The van der Waals surface area contributed by atoms with E-state index in [0.29, 0.717) is 12.2 Å². The van der Waals surface area contributed by atoms with Crippen LogP contribution < -0.4 is 0 Å². The number of hydrogen-bond acceptors (Lipinski definition) is 3. The van der Waals surface area contributed by atoms with E-state index < -0.39 is 14.4 Å². The van der Waals surface area contributed by atoms with Crippen LogP contribution >= 0.6 is 0 Å². The summed E-state index contributed by atoms with van der Waals surface area (Å²) in [7, 11) is -1.77. The Bertz CT molecular complexity index is 755. The Morgan fingerprint density at radius 2 is 1.72 bits per heavy atom. The van der Waals surface area contributed by atoms with Crippen LogP contribution in [-0.4, -0.2) is 13.4 Å². The molecule has 0 fully saturated rings. The Morgan fingerprint density at radius 3 is 2.28 bits per heavy atom. The summed E-state index contributed by atoms with van der Waals surface area (Å²) < 4.78 is 6.24. The monoisotopic (exact) mass is 353 g/mol. The summed E-state index contributed by atoms with van der Waals surface area (Å²) in [4.78, 5) is 0. The maximum Gasteiger partial charge on any atom is 0.192 e. The van der Waals surface area contributed by atoms with E-state index in [1.165, 1.54) is 0 Å². The molecule has 4 heteroatoms. The second kappa shape index (κ2) is 7.53. The Kier molecular flexibility index (Phi) is 5.84. The van der Waals surface area contributed by atoms with Crippen LogP contribution in [0.2, 0.25) is 18.1 Å². The third-order valence-electron chi connectivity index (χ3n) is 5.03. The topological polar surface area (TPSA) is 53.2 Å². The maximum absolute atomic E-state index is 10.5. The lowest BCUT2D eigenvalue weighted by atomic mass is 9.99. The number of aliphatic hydroxyl groups excluding tert-OH is 1. The highest BCUT2D eigenvalue weighted by Crippen LogP contribution is 2.37. The van der Waals surface area contributed by atoms with Crippen molar-refractivity contribution in [3.63, 3.8) is 0 Å². The normalized spacial score (nSPS) is 13.3. The van der Waals surface area contributed by atoms with Crippen LogP contribution in [0, 0.1) is 11.3 Å². The Hall–Kier alpha value is -1.93. The molecule has 25 heavy (non-hydrogen) atoms. The molecule has 2 aromatic carbocycles. The van der Waals surface area contributed by atoms with Gasteiger partial charge in [-0.2, -0.15) is 5.26 Å². The van der Waals surface area contributed by atoms with Crippen LogP contribution in [0.3, 0.4) is 0 Å². The molecule has 1 atom stereocenters. The fraction of sp³-hybridized carbons (Fsp3) is 0.381. The zero-order valence-electron chi connectivity index (χ0n) is 15.7. The van der Waals surface area contributed by atoms with Gasteiger partial charge in [-0.3, -0.25) is 0 Å². The Balaban J connectivity index is 2.08. The van der Waals surface area contributed by atoms with Gasteiger partial charge in [-0.15, -0.1) is 0 Å². The molecular formula is C21H27NO2Si. The number of nitriles is 1. The lowest BCUT2D eigenvalue weighted by molar-refractivity contribution is 0.220. The molecule has 0 radical (unpaired) electrons. The molecule has 0 amide bonds. The van der Waals surface area contributed by atoms with Crippen molar-refractivity contribution in [2.24, 2.45) is 0 Å². The van der Waals surface area contributed by atoms with Crippen molar-refractivity contribution in [2.75, 3.05) is 0 Å². The molecule has 0 saturated heterocycles. The SMILES string of the molecule is CC(C)(C)[Si](C)(C)OCc1ccc(C(O)c2cccc(C#N)c2)cc1. The zero-order chi connectivity index (χ0) is 18.7. The molecular weight excluding hydrogens is 326 g/mol. The molecule has 2 rings (SSSR count). The van der Waals surface area contributed by atoms with Gasteiger partial charge >= 0.3 is 0 Å². The van der Waals surface area contributed by atoms with Crippen LogP contribution in [-0.2, 0) is 11.0 Å². The van der Waals surface area contributed by atoms with E-state index in [1.807, 2.05) is 30.3 Å². The molecule has 0 aliphatic heterocycles. The molecule has 132 valence electrons. The van der Waals surface area contributed by atoms with E-state index in [1.54, 1.807) is 18.2 Å². The van der Waals surface area contributed by atoms with Gasteiger partial charge in [-0.1, -0.05) is 57.2 Å². The quantitative estimate of drug-likeness (QED) is 0.755. The summed E-state index contributed by atoms with van der Waals surface area (Å²) in [5.74, 6) is 0. The molecule has 0 heterocycles. The van der Waals surface area contributed by atoms with Crippen molar-refractivity contribution in [3.8, 4) is 6.07 Å². The van der Waals surface area contributed by atoms with Crippen LogP contribution in [0.4, 0.5) is 0 Å². The number of benzene rings is 2. The van der Waals surface area contributed by atoms with Gasteiger partial charge in [0.15, 0.2) is 8.32 Å². The average Bonchev–Trinajstić information content (AvgIpc) is 2.59. The van der Waals surface area contributed by atoms with Crippen LogP contribution in [0.1, 0.15) is 49.1 Å². The summed E-state index contributed by atoms with van der Waals surface area (Å²) in [5, 5.41) is 19.7. The fourth-order valence-electron chi connectivity index (χ4n) is 2.25. The van der Waals surface area contributed by atoms with Crippen molar-refractivity contribution < 1.29 is 9.53 Å². The highest BCUT2D eigenvalue weighted by molar-refractivity contribution is 6.74. The van der Waals surface area contributed by atoms with Gasteiger partial charge in [0.25, 0.3) is 0 Å². The number of aliphatic hydroxyl groups is 1. The number of rotatable bonds is 5. The zero-order valence-corrected chi connectivity index (χ0v) is 16.7. The first-order chi connectivity index (χ1) is 11.6. The molecule has 3 nitrogen and oxygen atoms in total. The van der Waals surface area contributed by atoms with Crippen LogP contribution in [0.25, 0.3) is 0 Å². The minimum absolute atomic E-state index is 0.189. The van der Waals surface area contributed by atoms with Gasteiger partial charge in [0.2, 0.25) is 0 Å². The first-order valence-corrected chi connectivity index (χ1v) is 11.5. The summed E-state index contributed by atoms with van der Waals surface area (Å²) in [5.41, 5.74) is 3.19. The Labute approximate surface area is 152 Å². The molecule has 0 aromatic heterocycles. The second-order valence-corrected chi connectivity index (χ2v) is 12.7.